The summed E-state index contributed by atoms with van der Waals surface area (Å²) < 4.78 is 6.54. The van der Waals surface area contributed by atoms with Crippen molar-refractivity contribution in [3.8, 4) is 5.69 Å². The van der Waals surface area contributed by atoms with E-state index in [2.05, 4.69) is 6.07 Å². The summed E-state index contributed by atoms with van der Waals surface area (Å²) >= 11 is 2.88. The first kappa shape index (κ1) is 19.2. The standard InChI is InChI=1S/C21H22N2O3S2/c1-11-8-9-15(12(2)10-11)23-19(24)17-14-6-5-7-16(14)28-18(17)22-21(23)27-13(3)20(25)26-4/h8-10,13H,5-7H2,1-4H3. The van der Waals surface area contributed by atoms with Crippen molar-refractivity contribution in [1.82, 2.24) is 9.55 Å². The molecular weight excluding hydrogens is 392 g/mol. The van der Waals surface area contributed by atoms with Crippen LogP contribution in [-0.2, 0) is 22.4 Å². The molecule has 0 saturated carbocycles. The van der Waals surface area contributed by atoms with Gasteiger partial charge in [0.1, 0.15) is 10.1 Å². The summed E-state index contributed by atoms with van der Waals surface area (Å²) in [6, 6.07) is 6.01. The Balaban J connectivity index is 1.98. The number of carbonyl (C=O) groups is 1. The molecule has 0 saturated heterocycles. The number of rotatable bonds is 4. The maximum Gasteiger partial charge on any atom is 0.318 e. The van der Waals surface area contributed by atoms with Gasteiger partial charge in [-0.3, -0.25) is 14.2 Å². The molecule has 0 bridgehead atoms. The quantitative estimate of drug-likeness (QED) is 0.364. The van der Waals surface area contributed by atoms with Crippen LogP contribution in [0.25, 0.3) is 15.9 Å². The van der Waals surface area contributed by atoms with E-state index in [4.69, 9.17) is 9.72 Å². The number of hydrogen-bond donors (Lipinski definition) is 0. The monoisotopic (exact) mass is 414 g/mol. The SMILES string of the molecule is COC(=O)C(C)Sc1nc2sc3c(c2c(=O)n1-c1ccc(C)cc1C)CCC3. The summed E-state index contributed by atoms with van der Waals surface area (Å²) in [7, 11) is 1.37. The fraction of sp³-hybridized carbons (Fsp3) is 0.381. The van der Waals surface area contributed by atoms with Gasteiger partial charge in [0.15, 0.2) is 5.16 Å². The van der Waals surface area contributed by atoms with Gasteiger partial charge in [0.05, 0.1) is 18.2 Å². The van der Waals surface area contributed by atoms with Crippen LogP contribution in [0, 0.1) is 13.8 Å². The zero-order chi connectivity index (χ0) is 20.0. The minimum atomic E-state index is -0.460. The Morgan fingerprint density at radius 1 is 1.32 bits per heavy atom. The first-order chi connectivity index (χ1) is 13.4. The number of methoxy groups -OCH3 is 1. The van der Waals surface area contributed by atoms with Gasteiger partial charge in [-0.15, -0.1) is 11.3 Å². The number of aryl methyl sites for hydroxylation is 4. The largest absolute Gasteiger partial charge is 0.468 e. The highest BCUT2D eigenvalue weighted by Crippen LogP contribution is 2.36. The Kier molecular flexibility index (Phi) is 5.05. The zero-order valence-corrected chi connectivity index (χ0v) is 18.0. The van der Waals surface area contributed by atoms with Crippen LogP contribution >= 0.6 is 23.1 Å². The molecule has 28 heavy (non-hydrogen) atoms. The first-order valence-corrected chi connectivity index (χ1v) is 11.0. The number of fused-ring (bicyclic) bond motifs is 3. The van der Waals surface area contributed by atoms with Crippen molar-refractivity contribution in [2.45, 2.75) is 50.4 Å². The number of esters is 1. The Morgan fingerprint density at radius 3 is 2.82 bits per heavy atom. The second kappa shape index (κ2) is 7.37. The lowest BCUT2D eigenvalue weighted by Crippen LogP contribution is -2.24. The number of carbonyl (C=O) groups excluding carboxylic acids is 1. The average Bonchev–Trinajstić information content (AvgIpc) is 3.23. The lowest BCUT2D eigenvalue weighted by molar-refractivity contribution is -0.139. The predicted molar refractivity (Wildman–Crippen MR) is 114 cm³/mol. The molecule has 1 atom stereocenters. The number of thiophene rings is 1. The molecule has 5 nitrogen and oxygen atoms in total. The van der Waals surface area contributed by atoms with E-state index in [1.54, 1.807) is 22.8 Å². The normalized spacial score (nSPS) is 14.3. The van der Waals surface area contributed by atoms with E-state index in [1.807, 2.05) is 26.0 Å². The second-order valence-corrected chi connectivity index (χ2v) is 9.54. The molecule has 1 aliphatic rings. The number of nitrogens with zero attached hydrogens (tertiary/aromatic N) is 2. The van der Waals surface area contributed by atoms with Gasteiger partial charge in [-0.05, 0) is 57.2 Å². The first-order valence-electron chi connectivity index (χ1n) is 9.30. The maximum atomic E-state index is 13.6. The molecule has 0 N–H and O–H groups in total. The van der Waals surface area contributed by atoms with Gasteiger partial charge < -0.3 is 4.74 Å². The average molecular weight is 415 g/mol. The van der Waals surface area contributed by atoms with Crippen LogP contribution in [0.15, 0.2) is 28.2 Å². The van der Waals surface area contributed by atoms with Gasteiger partial charge in [0, 0.05) is 4.88 Å². The van der Waals surface area contributed by atoms with E-state index in [-0.39, 0.29) is 11.5 Å². The topological polar surface area (TPSA) is 61.2 Å². The van der Waals surface area contributed by atoms with E-state index in [9.17, 15) is 9.59 Å². The molecule has 2 aromatic heterocycles. The van der Waals surface area contributed by atoms with Gasteiger partial charge in [-0.1, -0.05) is 29.5 Å². The van der Waals surface area contributed by atoms with Gasteiger partial charge in [-0.25, -0.2) is 4.98 Å². The maximum absolute atomic E-state index is 13.6. The van der Waals surface area contributed by atoms with E-state index in [0.29, 0.717) is 5.16 Å². The van der Waals surface area contributed by atoms with Crippen molar-refractivity contribution >= 4 is 39.3 Å². The minimum absolute atomic E-state index is 0.0454. The molecule has 0 fully saturated rings. The fourth-order valence-electron chi connectivity index (χ4n) is 3.74. The lowest BCUT2D eigenvalue weighted by atomic mass is 10.1. The molecule has 1 aromatic carbocycles. The third-order valence-corrected chi connectivity index (χ3v) is 7.33. The summed E-state index contributed by atoms with van der Waals surface area (Å²) in [4.78, 5) is 32.5. The Morgan fingerprint density at radius 2 is 2.11 bits per heavy atom. The van der Waals surface area contributed by atoms with E-state index >= 15 is 0 Å². The van der Waals surface area contributed by atoms with Crippen molar-refractivity contribution in [3.05, 3.63) is 50.1 Å². The van der Waals surface area contributed by atoms with E-state index < -0.39 is 5.25 Å². The summed E-state index contributed by atoms with van der Waals surface area (Å²) in [5, 5.41) is 0.813. The predicted octanol–water partition coefficient (Wildman–Crippen LogP) is 4.21. The van der Waals surface area contributed by atoms with Gasteiger partial charge >= 0.3 is 5.97 Å². The van der Waals surface area contributed by atoms with Crippen molar-refractivity contribution in [3.63, 3.8) is 0 Å². The van der Waals surface area contributed by atoms with Crippen LogP contribution in [0.4, 0.5) is 0 Å². The molecule has 1 aliphatic carbocycles. The van der Waals surface area contributed by atoms with Crippen LogP contribution < -0.4 is 5.56 Å². The molecular formula is C21H22N2O3S2. The zero-order valence-electron chi connectivity index (χ0n) is 16.4. The highest BCUT2D eigenvalue weighted by molar-refractivity contribution is 8.00. The molecule has 0 spiro atoms. The lowest BCUT2D eigenvalue weighted by Gasteiger charge is -2.16. The van der Waals surface area contributed by atoms with Gasteiger partial charge in [-0.2, -0.15) is 0 Å². The van der Waals surface area contributed by atoms with Crippen molar-refractivity contribution < 1.29 is 9.53 Å². The molecule has 3 aromatic rings. The smallest absolute Gasteiger partial charge is 0.318 e. The van der Waals surface area contributed by atoms with Crippen molar-refractivity contribution in [2.75, 3.05) is 7.11 Å². The van der Waals surface area contributed by atoms with Gasteiger partial charge in [0.25, 0.3) is 5.56 Å². The molecule has 146 valence electrons. The van der Waals surface area contributed by atoms with Crippen molar-refractivity contribution in [1.29, 1.82) is 0 Å². The van der Waals surface area contributed by atoms with Crippen LogP contribution in [0.5, 0.6) is 0 Å². The molecule has 7 heteroatoms. The van der Waals surface area contributed by atoms with E-state index in [0.717, 1.165) is 51.9 Å². The van der Waals surface area contributed by atoms with Crippen LogP contribution in [-0.4, -0.2) is 27.9 Å². The number of thioether (sulfide) groups is 1. The Labute approximate surface area is 171 Å². The van der Waals surface area contributed by atoms with Crippen molar-refractivity contribution in [2.24, 2.45) is 0 Å². The van der Waals surface area contributed by atoms with E-state index in [1.165, 1.54) is 23.7 Å². The summed E-state index contributed by atoms with van der Waals surface area (Å²) in [5.41, 5.74) is 4.06. The van der Waals surface area contributed by atoms with Gasteiger partial charge in [0.2, 0.25) is 0 Å². The third kappa shape index (κ3) is 3.16. The highest BCUT2D eigenvalue weighted by atomic mass is 32.2. The fourth-order valence-corrected chi connectivity index (χ4v) is 5.99. The third-order valence-electron chi connectivity index (χ3n) is 5.12. The molecule has 2 heterocycles. The summed E-state index contributed by atoms with van der Waals surface area (Å²) in [6.07, 6.45) is 3.04. The van der Waals surface area contributed by atoms with Crippen LogP contribution in [0.1, 0.15) is 34.9 Å². The number of aromatic nitrogens is 2. The summed E-state index contributed by atoms with van der Waals surface area (Å²) in [6.45, 7) is 5.80. The minimum Gasteiger partial charge on any atom is -0.468 e. The van der Waals surface area contributed by atoms with Crippen LogP contribution in [0.2, 0.25) is 0 Å². The molecule has 0 aliphatic heterocycles. The Hall–Kier alpha value is -2.12. The second-order valence-electron chi connectivity index (χ2n) is 7.15. The molecule has 1 unspecified atom stereocenters. The molecule has 0 radical (unpaired) electrons. The summed E-state index contributed by atoms with van der Waals surface area (Å²) in [5.74, 6) is -0.333. The molecule has 4 rings (SSSR count). The Bertz CT molecular complexity index is 1150. The van der Waals surface area contributed by atoms with Crippen LogP contribution in [0.3, 0.4) is 0 Å². The number of hydrogen-bond acceptors (Lipinski definition) is 6. The number of benzene rings is 1. The molecule has 0 amide bonds. The highest BCUT2D eigenvalue weighted by Gasteiger charge is 2.26. The number of ether oxygens (including phenoxy) is 1.